The summed E-state index contributed by atoms with van der Waals surface area (Å²) in [6.45, 7) is 0. The molecule has 0 spiro atoms. The van der Waals surface area contributed by atoms with Gasteiger partial charge in [0.15, 0.2) is 0 Å². The first kappa shape index (κ1) is 14.4. The second-order valence-electron chi connectivity index (χ2n) is 5.86. The molecule has 0 unspecified atom stereocenters. The van der Waals surface area contributed by atoms with E-state index in [9.17, 15) is 9.59 Å². The smallest absolute Gasteiger partial charge is 0.257 e. The SMILES string of the molecule is Nc1nc(-c2ccc[nH]c2=O)cc2cc(NC(=O)C3CC3)ncc12. The van der Waals surface area contributed by atoms with Gasteiger partial charge in [-0.1, -0.05) is 0 Å². The fourth-order valence-electron chi connectivity index (χ4n) is 2.58. The van der Waals surface area contributed by atoms with Crippen LogP contribution in [0.4, 0.5) is 11.6 Å². The zero-order valence-electron chi connectivity index (χ0n) is 12.7. The number of anilines is 2. The fraction of sp³-hybridized carbons (Fsp3) is 0.176. The van der Waals surface area contributed by atoms with Gasteiger partial charge in [0.2, 0.25) is 5.91 Å². The minimum absolute atomic E-state index is 0.0106. The number of hydrogen-bond acceptors (Lipinski definition) is 5. The van der Waals surface area contributed by atoms with Gasteiger partial charge < -0.3 is 16.0 Å². The highest BCUT2D eigenvalue weighted by Crippen LogP contribution is 2.31. The molecule has 120 valence electrons. The number of aromatic nitrogens is 3. The van der Waals surface area contributed by atoms with Crippen LogP contribution in [0, 0.1) is 5.92 Å². The molecular weight excluding hydrogens is 306 g/mol. The van der Waals surface area contributed by atoms with E-state index in [0.29, 0.717) is 28.3 Å². The molecule has 0 bridgehead atoms. The van der Waals surface area contributed by atoms with Crippen LogP contribution in [0.5, 0.6) is 0 Å². The molecule has 3 aromatic heterocycles. The molecule has 1 aliphatic carbocycles. The molecule has 1 saturated carbocycles. The van der Waals surface area contributed by atoms with Crippen LogP contribution >= 0.6 is 0 Å². The molecule has 7 heteroatoms. The first-order valence-electron chi connectivity index (χ1n) is 7.67. The van der Waals surface area contributed by atoms with Crippen molar-refractivity contribution in [2.75, 3.05) is 11.1 Å². The Morgan fingerprint density at radius 2 is 2.17 bits per heavy atom. The van der Waals surface area contributed by atoms with E-state index >= 15 is 0 Å². The molecule has 0 aromatic carbocycles. The van der Waals surface area contributed by atoms with Gasteiger partial charge in [-0.3, -0.25) is 9.59 Å². The summed E-state index contributed by atoms with van der Waals surface area (Å²) in [6.07, 6.45) is 5.00. The summed E-state index contributed by atoms with van der Waals surface area (Å²) in [7, 11) is 0. The lowest BCUT2D eigenvalue weighted by Gasteiger charge is -2.08. The van der Waals surface area contributed by atoms with E-state index in [4.69, 9.17) is 5.73 Å². The number of nitrogen functional groups attached to an aromatic ring is 1. The van der Waals surface area contributed by atoms with Gasteiger partial charge in [0.05, 0.1) is 11.3 Å². The molecule has 3 heterocycles. The lowest BCUT2D eigenvalue weighted by atomic mass is 10.1. The zero-order valence-corrected chi connectivity index (χ0v) is 12.7. The van der Waals surface area contributed by atoms with Crippen LogP contribution in [0.3, 0.4) is 0 Å². The Hall–Kier alpha value is -3.22. The molecule has 0 saturated heterocycles. The summed E-state index contributed by atoms with van der Waals surface area (Å²) in [5.41, 5.74) is 6.68. The topological polar surface area (TPSA) is 114 Å². The van der Waals surface area contributed by atoms with Crippen LogP contribution in [-0.2, 0) is 4.79 Å². The minimum Gasteiger partial charge on any atom is -0.383 e. The number of carbonyl (C=O) groups is 1. The minimum atomic E-state index is -0.236. The van der Waals surface area contributed by atoms with Gasteiger partial charge in [0.1, 0.15) is 11.6 Å². The molecule has 24 heavy (non-hydrogen) atoms. The average Bonchev–Trinajstić information content (AvgIpc) is 3.40. The maximum absolute atomic E-state index is 12.0. The molecule has 1 amide bonds. The van der Waals surface area contributed by atoms with E-state index in [-0.39, 0.29) is 17.4 Å². The van der Waals surface area contributed by atoms with E-state index in [1.165, 1.54) is 0 Å². The second-order valence-corrected chi connectivity index (χ2v) is 5.86. The van der Waals surface area contributed by atoms with E-state index in [2.05, 4.69) is 20.3 Å². The molecule has 0 radical (unpaired) electrons. The lowest BCUT2D eigenvalue weighted by molar-refractivity contribution is -0.117. The van der Waals surface area contributed by atoms with Crippen LogP contribution in [-0.4, -0.2) is 20.9 Å². The Morgan fingerprint density at radius 3 is 2.92 bits per heavy atom. The fourth-order valence-corrected chi connectivity index (χ4v) is 2.58. The van der Waals surface area contributed by atoms with Crippen molar-refractivity contribution in [1.29, 1.82) is 0 Å². The maximum atomic E-state index is 12.0. The summed E-state index contributed by atoms with van der Waals surface area (Å²) in [6, 6.07) is 6.93. The van der Waals surface area contributed by atoms with Gasteiger partial charge in [-0.25, -0.2) is 9.97 Å². The number of carbonyl (C=O) groups excluding carboxylic acids is 1. The van der Waals surface area contributed by atoms with E-state index in [0.717, 1.165) is 18.2 Å². The van der Waals surface area contributed by atoms with E-state index in [1.54, 1.807) is 36.7 Å². The third kappa shape index (κ3) is 2.60. The quantitative estimate of drug-likeness (QED) is 0.682. The molecular formula is C17H15N5O2. The van der Waals surface area contributed by atoms with Crippen molar-refractivity contribution in [1.82, 2.24) is 15.0 Å². The second kappa shape index (κ2) is 5.45. The first-order chi connectivity index (χ1) is 11.6. The Balaban J connectivity index is 1.79. The van der Waals surface area contributed by atoms with Crippen LogP contribution in [0.15, 0.2) is 41.5 Å². The summed E-state index contributed by atoms with van der Waals surface area (Å²) in [4.78, 5) is 35.0. The summed E-state index contributed by atoms with van der Waals surface area (Å²) in [5, 5.41) is 4.25. The Kier molecular flexibility index (Phi) is 3.26. The van der Waals surface area contributed by atoms with Crippen molar-refractivity contribution >= 4 is 28.3 Å². The normalized spacial score (nSPS) is 13.8. The molecule has 0 aliphatic heterocycles. The predicted molar refractivity (Wildman–Crippen MR) is 91.4 cm³/mol. The highest BCUT2D eigenvalue weighted by molar-refractivity contribution is 5.98. The van der Waals surface area contributed by atoms with Crippen molar-refractivity contribution in [2.24, 2.45) is 5.92 Å². The standard InChI is InChI=1S/C17H15N5O2/c18-15-12-8-20-14(22-16(23)9-3-4-9)7-10(12)6-13(21-15)11-2-1-5-19-17(11)24/h1-2,5-9H,3-4H2,(H2,18,21)(H,19,24)(H,20,22,23). The third-order valence-electron chi connectivity index (χ3n) is 4.04. The van der Waals surface area contributed by atoms with Crippen molar-refractivity contribution < 1.29 is 4.79 Å². The van der Waals surface area contributed by atoms with Crippen molar-refractivity contribution in [3.05, 3.63) is 47.0 Å². The zero-order chi connectivity index (χ0) is 16.7. The molecule has 7 nitrogen and oxygen atoms in total. The van der Waals surface area contributed by atoms with Gasteiger partial charge in [-0.15, -0.1) is 0 Å². The largest absolute Gasteiger partial charge is 0.383 e. The number of H-pyrrole nitrogens is 1. The number of amides is 1. The highest BCUT2D eigenvalue weighted by Gasteiger charge is 2.29. The van der Waals surface area contributed by atoms with Gasteiger partial charge in [-0.2, -0.15) is 0 Å². The average molecular weight is 321 g/mol. The number of rotatable bonds is 3. The summed E-state index contributed by atoms with van der Waals surface area (Å²) in [5.74, 6) is 0.850. The van der Waals surface area contributed by atoms with Gasteiger partial charge in [0, 0.05) is 23.7 Å². The molecule has 3 aromatic rings. The van der Waals surface area contributed by atoms with Crippen molar-refractivity contribution in [3.63, 3.8) is 0 Å². The van der Waals surface area contributed by atoms with Crippen LogP contribution in [0.1, 0.15) is 12.8 Å². The molecule has 0 atom stereocenters. The van der Waals surface area contributed by atoms with Crippen molar-refractivity contribution in [2.45, 2.75) is 12.8 Å². The van der Waals surface area contributed by atoms with Crippen LogP contribution in [0.2, 0.25) is 0 Å². The van der Waals surface area contributed by atoms with Gasteiger partial charge >= 0.3 is 0 Å². The summed E-state index contributed by atoms with van der Waals surface area (Å²) < 4.78 is 0. The molecule has 1 fully saturated rings. The number of hydrogen-bond donors (Lipinski definition) is 3. The van der Waals surface area contributed by atoms with E-state index < -0.39 is 0 Å². The van der Waals surface area contributed by atoms with Gasteiger partial charge in [0.25, 0.3) is 5.56 Å². The Bertz CT molecular complexity index is 1010. The predicted octanol–water partition coefficient (Wildman–Crippen LogP) is 1.92. The highest BCUT2D eigenvalue weighted by atomic mass is 16.2. The first-order valence-corrected chi connectivity index (χ1v) is 7.67. The number of nitrogens with one attached hydrogen (secondary N) is 2. The van der Waals surface area contributed by atoms with Gasteiger partial charge in [-0.05, 0) is 42.5 Å². The monoisotopic (exact) mass is 321 g/mol. The van der Waals surface area contributed by atoms with Crippen molar-refractivity contribution in [3.8, 4) is 11.3 Å². The van der Waals surface area contributed by atoms with E-state index in [1.807, 2.05) is 0 Å². The number of pyridine rings is 3. The number of fused-ring (bicyclic) bond motifs is 1. The number of nitrogens with two attached hydrogens (primary N) is 1. The molecule has 4 rings (SSSR count). The number of aromatic amines is 1. The van der Waals surface area contributed by atoms with Crippen LogP contribution in [0.25, 0.3) is 22.0 Å². The Morgan fingerprint density at radius 1 is 1.33 bits per heavy atom. The maximum Gasteiger partial charge on any atom is 0.257 e. The Labute approximate surface area is 136 Å². The summed E-state index contributed by atoms with van der Waals surface area (Å²) >= 11 is 0. The third-order valence-corrected chi connectivity index (χ3v) is 4.04. The molecule has 1 aliphatic rings. The number of nitrogens with zero attached hydrogens (tertiary/aromatic N) is 2. The van der Waals surface area contributed by atoms with Crippen LogP contribution < -0.4 is 16.6 Å². The molecule has 4 N–H and O–H groups in total. The lowest BCUT2D eigenvalue weighted by Crippen LogP contribution is -2.14.